The van der Waals surface area contributed by atoms with E-state index in [4.69, 9.17) is 0 Å². The van der Waals surface area contributed by atoms with Gasteiger partial charge in [0, 0.05) is 51.9 Å². The van der Waals surface area contributed by atoms with Gasteiger partial charge in [-0.15, -0.1) is 34.2 Å². The first-order valence-corrected chi connectivity index (χ1v) is 11.0. The molecule has 2 N–H and O–H groups in total. The van der Waals surface area contributed by atoms with Crippen molar-refractivity contribution < 1.29 is 0 Å². The van der Waals surface area contributed by atoms with Crippen LogP contribution in [0.4, 0.5) is 5.69 Å². The number of aliphatic imine (C=N–C) groups is 1. The van der Waals surface area contributed by atoms with Crippen molar-refractivity contribution in [3.63, 3.8) is 0 Å². The van der Waals surface area contributed by atoms with Gasteiger partial charge in [0.25, 0.3) is 0 Å². The van der Waals surface area contributed by atoms with Crippen LogP contribution in [-0.4, -0.2) is 40.9 Å². The first kappa shape index (κ1) is 24.0. The Bertz CT molecular complexity index is 1010. The summed E-state index contributed by atoms with van der Waals surface area (Å²) < 4.78 is 2.07. The van der Waals surface area contributed by atoms with E-state index in [1.165, 1.54) is 22.4 Å². The number of para-hydroxylation sites is 1. The lowest BCUT2D eigenvalue weighted by Gasteiger charge is -2.19. The van der Waals surface area contributed by atoms with Crippen molar-refractivity contribution in [3.8, 4) is 0 Å². The molecule has 0 unspecified atom stereocenters. The number of hydrogen-bond donors (Lipinski definition) is 2. The summed E-state index contributed by atoms with van der Waals surface area (Å²) in [6, 6.07) is 17.6. The van der Waals surface area contributed by atoms with E-state index in [9.17, 15) is 0 Å². The molecule has 0 fully saturated rings. The molecule has 2 heterocycles. The van der Waals surface area contributed by atoms with Crippen LogP contribution in [0.5, 0.6) is 0 Å². The summed E-state index contributed by atoms with van der Waals surface area (Å²) in [6.45, 7) is 6.45. The third kappa shape index (κ3) is 5.99. The molecular formula is C24H32IN7. The monoisotopic (exact) mass is 545 g/mol. The predicted octanol–water partition coefficient (Wildman–Crippen LogP) is 3.39. The number of aromatic nitrogens is 3. The summed E-state index contributed by atoms with van der Waals surface area (Å²) in [6.07, 6.45) is 3.80. The molecule has 170 valence electrons. The van der Waals surface area contributed by atoms with Gasteiger partial charge in [0.05, 0.1) is 0 Å². The molecule has 32 heavy (non-hydrogen) atoms. The number of anilines is 1. The van der Waals surface area contributed by atoms with Crippen LogP contribution in [0, 0.1) is 0 Å². The number of guanidine groups is 1. The van der Waals surface area contributed by atoms with Gasteiger partial charge in [0.15, 0.2) is 5.96 Å². The number of halogens is 1. The summed E-state index contributed by atoms with van der Waals surface area (Å²) in [5.41, 5.74) is 5.40. The SMILES string of the molecule is CCc1nncn1CCNC(=NC)NCc1ccc(CN2CCc3ccccc32)cc1.I. The van der Waals surface area contributed by atoms with E-state index in [0.717, 1.165) is 57.3 Å². The average Bonchev–Trinajstić information content (AvgIpc) is 3.44. The maximum atomic E-state index is 4.32. The van der Waals surface area contributed by atoms with Gasteiger partial charge in [0.1, 0.15) is 12.2 Å². The Balaban J connectivity index is 0.00000289. The number of aryl methyl sites for hydroxylation is 1. The summed E-state index contributed by atoms with van der Waals surface area (Å²) in [5, 5.41) is 14.8. The number of benzene rings is 2. The summed E-state index contributed by atoms with van der Waals surface area (Å²) >= 11 is 0. The Morgan fingerprint density at radius 3 is 2.62 bits per heavy atom. The Morgan fingerprint density at radius 2 is 1.84 bits per heavy atom. The highest BCUT2D eigenvalue weighted by Crippen LogP contribution is 2.28. The van der Waals surface area contributed by atoms with Crippen molar-refractivity contribution >= 4 is 35.6 Å². The molecule has 0 atom stereocenters. The number of fused-ring (bicyclic) bond motifs is 1. The second kappa shape index (κ2) is 11.8. The minimum absolute atomic E-state index is 0. The van der Waals surface area contributed by atoms with Crippen LogP contribution in [0.2, 0.25) is 0 Å². The first-order chi connectivity index (χ1) is 15.3. The van der Waals surface area contributed by atoms with E-state index in [0.29, 0.717) is 0 Å². The Labute approximate surface area is 207 Å². The fraction of sp³-hybridized carbons (Fsp3) is 0.375. The molecule has 0 bridgehead atoms. The van der Waals surface area contributed by atoms with Gasteiger partial charge in [-0.2, -0.15) is 0 Å². The zero-order valence-electron chi connectivity index (χ0n) is 18.8. The maximum absolute atomic E-state index is 4.32. The topological polar surface area (TPSA) is 70.4 Å². The molecule has 0 saturated carbocycles. The number of rotatable bonds is 8. The van der Waals surface area contributed by atoms with Gasteiger partial charge in [-0.25, -0.2) is 0 Å². The van der Waals surface area contributed by atoms with Crippen LogP contribution in [0.15, 0.2) is 59.9 Å². The van der Waals surface area contributed by atoms with Gasteiger partial charge in [-0.05, 0) is 29.2 Å². The van der Waals surface area contributed by atoms with Crippen LogP contribution in [0.3, 0.4) is 0 Å². The maximum Gasteiger partial charge on any atom is 0.191 e. The molecule has 2 aromatic carbocycles. The first-order valence-electron chi connectivity index (χ1n) is 11.0. The Kier molecular flexibility index (Phi) is 8.90. The lowest BCUT2D eigenvalue weighted by molar-refractivity contribution is 0.632. The average molecular weight is 545 g/mol. The van der Waals surface area contributed by atoms with Crippen LogP contribution >= 0.6 is 24.0 Å². The lowest BCUT2D eigenvalue weighted by Crippen LogP contribution is -2.38. The van der Waals surface area contributed by atoms with Crippen molar-refractivity contribution in [2.24, 2.45) is 4.99 Å². The second-order valence-electron chi connectivity index (χ2n) is 7.76. The van der Waals surface area contributed by atoms with Crippen LogP contribution in [0.25, 0.3) is 0 Å². The molecular weight excluding hydrogens is 513 g/mol. The standard InChI is InChI=1S/C24H31N7.HI/c1-3-23-29-28-18-31(23)15-13-26-24(25-2)27-16-19-8-10-20(11-9-19)17-30-14-12-21-6-4-5-7-22(21)30;/h4-11,18H,3,12-17H2,1-2H3,(H2,25,26,27);1H. The Morgan fingerprint density at radius 1 is 1.06 bits per heavy atom. The summed E-state index contributed by atoms with van der Waals surface area (Å²) in [7, 11) is 1.79. The van der Waals surface area contributed by atoms with Crippen LogP contribution < -0.4 is 15.5 Å². The van der Waals surface area contributed by atoms with E-state index < -0.39 is 0 Å². The van der Waals surface area contributed by atoms with Gasteiger partial charge >= 0.3 is 0 Å². The van der Waals surface area contributed by atoms with E-state index in [-0.39, 0.29) is 24.0 Å². The fourth-order valence-corrected chi connectivity index (χ4v) is 3.99. The van der Waals surface area contributed by atoms with E-state index >= 15 is 0 Å². The molecule has 0 saturated heterocycles. The highest BCUT2D eigenvalue weighted by atomic mass is 127. The molecule has 0 spiro atoms. The molecule has 1 aromatic heterocycles. The minimum Gasteiger partial charge on any atom is -0.367 e. The van der Waals surface area contributed by atoms with Crippen LogP contribution in [-0.2, 0) is 32.5 Å². The van der Waals surface area contributed by atoms with Gasteiger partial charge < -0.3 is 20.1 Å². The van der Waals surface area contributed by atoms with Crippen molar-refractivity contribution in [1.29, 1.82) is 0 Å². The Hall–Kier alpha value is -2.62. The smallest absolute Gasteiger partial charge is 0.191 e. The normalized spacial score (nSPS) is 12.9. The third-order valence-electron chi connectivity index (χ3n) is 5.72. The van der Waals surface area contributed by atoms with Crippen molar-refractivity contribution in [2.45, 2.75) is 39.4 Å². The minimum atomic E-state index is 0. The largest absolute Gasteiger partial charge is 0.367 e. The predicted molar refractivity (Wildman–Crippen MR) is 141 cm³/mol. The summed E-state index contributed by atoms with van der Waals surface area (Å²) in [4.78, 5) is 6.79. The number of nitrogens with zero attached hydrogens (tertiary/aromatic N) is 5. The van der Waals surface area contributed by atoms with E-state index in [1.54, 1.807) is 13.4 Å². The molecule has 4 rings (SSSR count). The lowest BCUT2D eigenvalue weighted by atomic mass is 10.1. The fourth-order valence-electron chi connectivity index (χ4n) is 3.99. The molecule has 0 amide bonds. The zero-order valence-corrected chi connectivity index (χ0v) is 21.1. The molecule has 8 heteroatoms. The number of nitrogens with one attached hydrogen (secondary N) is 2. The molecule has 0 radical (unpaired) electrons. The summed E-state index contributed by atoms with van der Waals surface area (Å²) in [5.74, 6) is 1.80. The second-order valence-corrected chi connectivity index (χ2v) is 7.76. The molecule has 7 nitrogen and oxygen atoms in total. The van der Waals surface area contributed by atoms with E-state index in [1.807, 2.05) is 0 Å². The van der Waals surface area contributed by atoms with Gasteiger partial charge in [0.2, 0.25) is 0 Å². The van der Waals surface area contributed by atoms with Gasteiger partial charge in [-0.1, -0.05) is 49.4 Å². The van der Waals surface area contributed by atoms with Crippen LogP contribution in [0.1, 0.15) is 29.4 Å². The highest BCUT2D eigenvalue weighted by molar-refractivity contribution is 14.0. The molecule has 1 aliphatic rings. The van der Waals surface area contributed by atoms with E-state index in [2.05, 4.69) is 90.7 Å². The molecule has 3 aromatic rings. The quantitative estimate of drug-likeness (QED) is 0.258. The van der Waals surface area contributed by atoms with Crippen molar-refractivity contribution in [1.82, 2.24) is 25.4 Å². The highest BCUT2D eigenvalue weighted by Gasteiger charge is 2.18. The van der Waals surface area contributed by atoms with Crippen molar-refractivity contribution in [2.75, 3.05) is 25.0 Å². The molecule has 1 aliphatic heterocycles. The third-order valence-corrected chi connectivity index (χ3v) is 5.72. The van der Waals surface area contributed by atoms with Crippen molar-refractivity contribution in [3.05, 3.63) is 77.4 Å². The van der Waals surface area contributed by atoms with Gasteiger partial charge in [-0.3, -0.25) is 4.99 Å². The molecule has 0 aliphatic carbocycles. The zero-order chi connectivity index (χ0) is 21.5. The number of hydrogen-bond acceptors (Lipinski definition) is 4.